The number of nitrogens with one attached hydrogen (secondary N) is 1. The van der Waals surface area contributed by atoms with Crippen LogP contribution in [-0.4, -0.2) is 24.2 Å². The number of aromatic nitrogens is 1. The predicted molar refractivity (Wildman–Crippen MR) is 61.2 cm³/mol. The second kappa shape index (κ2) is 6.01. The van der Waals surface area contributed by atoms with E-state index in [-0.39, 0.29) is 0 Å². The molecule has 2 rings (SSSR count). The van der Waals surface area contributed by atoms with Crippen molar-refractivity contribution in [2.45, 2.75) is 45.3 Å². The van der Waals surface area contributed by atoms with E-state index in [9.17, 15) is 0 Å². The highest BCUT2D eigenvalue weighted by molar-refractivity contribution is 4.90. The average Bonchev–Trinajstić information content (AvgIpc) is 2.89. The van der Waals surface area contributed by atoms with Gasteiger partial charge < -0.3 is 14.5 Å². The van der Waals surface area contributed by atoms with Crippen LogP contribution in [0, 0.1) is 6.92 Å². The third-order valence-corrected chi connectivity index (χ3v) is 2.85. The predicted octanol–water partition coefficient (Wildman–Crippen LogP) is 2.03. The molecule has 90 valence electrons. The lowest BCUT2D eigenvalue weighted by atomic mass is 10.1. The average molecular weight is 224 g/mol. The van der Waals surface area contributed by atoms with Gasteiger partial charge in [-0.25, -0.2) is 4.98 Å². The molecule has 4 heteroatoms. The maximum absolute atomic E-state index is 5.56. The molecule has 1 fully saturated rings. The second-order valence-corrected chi connectivity index (χ2v) is 4.32. The Hall–Kier alpha value is -0.870. The maximum Gasteiger partial charge on any atom is 0.208 e. The summed E-state index contributed by atoms with van der Waals surface area (Å²) in [6.07, 6.45) is 7.05. The van der Waals surface area contributed by atoms with Crippen LogP contribution in [0.5, 0.6) is 0 Å². The van der Waals surface area contributed by atoms with E-state index in [1.165, 1.54) is 12.8 Å². The van der Waals surface area contributed by atoms with Gasteiger partial charge in [0.1, 0.15) is 5.76 Å². The normalized spacial score (nSPS) is 20.4. The zero-order chi connectivity index (χ0) is 11.2. The Balaban J connectivity index is 1.51. The topological polar surface area (TPSA) is 47.3 Å². The molecule has 0 spiro atoms. The molecule has 1 aromatic heterocycles. The third-order valence-electron chi connectivity index (χ3n) is 2.85. The van der Waals surface area contributed by atoms with Gasteiger partial charge in [-0.3, -0.25) is 0 Å². The van der Waals surface area contributed by atoms with E-state index in [1.54, 1.807) is 6.20 Å². The molecule has 1 aliphatic heterocycles. The molecule has 1 aromatic rings. The van der Waals surface area contributed by atoms with Gasteiger partial charge >= 0.3 is 0 Å². The molecule has 1 saturated heterocycles. The van der Waals surface area contributed by atoms with Crippen molar-refractivity contribution in [1.29, 1.82) is 0 Å². The van der Waals surface area contributed by atoms with Crippen LogP contribution in [0.3, 0.4) is 0 Å². The van der Waals surface area contributed by atoms with Crippen LogP contribution in [0.25, 0.3) is 0 Å². The van der Waals surface area contributed by atoms with Crippen molar-refractivity contribution in [3.05, 3.63) is 17.8 Å². The van der Waals surface area contributed by atoms with E-state index in [0.717, 1.165) is 44.2 Å². The summed E-state index contributed by atoms with van der Waals surface area (Å²) < 4.78 is 10.9. The molecular formula is C12H20N2O2. The molecule has 0 radical (unpaired) electrons. The fourth-order valence-corrected chi connectivity index (χ4v) is 2.01. The molecule has 0 aliphatic carbocycles. The Morgan fingerprint density at radius 2 is 2.50 bits per heavy atom. The summed E-state index contributed by atoms with van der Waals surface area (Å²) in [5.74, 6) is 1.64. The minimum Gasteiger partial charge on any atom is -0.445 e. The van der Waals surface area contributed by atoms with Gasteiger partial charge in [0.2, 0.25) is 5.89 Å². The Kier molecular flexibility index (Phi) is 4.36. The molecular weight excluding hydrogens is 204 g/mol. The molecule has 0 saturated carbocycles. The lowest BCUT2D eigenvalue weighted by Gasteiger charge is -2.08. The van der Waals surface area contributed by atoms with Crippen LogP contribution in [0.15, 0.2) is 10.6 Å². The minimum atomic E-state index is 0.505. The first-order chi connectivity index (χ1) is 7.84. The van der Waals surface area contributed by atoms with Gasteiger partial charge in [-0.15, -0.1) is 0 Å². The fraction of sp³-hybridized carbons (Fsp3) is 0.750. The molecule has 4 nitrogen and oxygen atoms in total. The van der Waals surface area contributed by atoms with Crippen molar-refractivity contribution >= 4 is 0 Å². The van der Waals surface area contributed by atoms with E-state index in [2.05, 4.69) is 10.3 Å². The van der Waals surface area contributed by atoms with E-state index in [4.69, 9.17) is 9.15 Å². The molecule has 1 N–H and O–H groups in total. The molecule has 0 bridgehead atoms. The standard InChI is InChI=1S/C12H20N2O2/c1-10-8-14-12(16-10)9-13-6-2-4-11-5-3-7-15-11/h8,11,13H,2-7,9H2,1H3. The zero-order valence-corrected chi connectivity index (χ0v) is 9.87. The van der Waals surface area contributed by atoms with Crippen LogP contribution < -0.4 is 5.32 Å². The van der Waals surface area contributed by atoms with Crippen LogP contribution in [0.4, 0.5) is 0 Å². The van der Waals surface area contributed by atoms with Gasteiger partial charge in [0.25, 0.3) is 0 Å². The minimum absolute atomic E-state index is 0.505. The molecule has 1 aliphatic rings. The van der Waals surface area contributed by atoms with E-state index >= 15 is 0 Å². The van der Waals surface area contributed by atoms with Crippen molar-refractivity contribution in [2.75, 3.05) is 13.2 Å². The number of hydrogen-bond donors (Lipinski definition) is 1. The number of nitrogens with zero attached hydrogens (tertiary/aromatic N) is 1. The van der Waals surface area contributed by atoms with Crippen molar-refractivity contribution in [3.8, 4) is 0 Å². The van der Waals surface area contributed by atoms with E-state index in [1.807, 2.05) is 6.92 Å². The van der Waals surface area contributed by atoms with Gasteiger partial charge in [-0.05, 0) is 39.2 Å². The number of hydrogen-bond acceptors (Lipinski definition) is 4. The first kappa shape index (κ1) is 11.6. The van der Waals surface area contributed by atoms with Gasteiger partial charge in [0.15, 0.2) is 0 Å². The number of oxazole rings is 1. The Labute approximate surface area is 96.4 Å². The zero-order valence-electron chi connectivity index (χ0n) is 9.87. The Morgan fingerprint density at radius 1 is 1.56 bits per heavy atom. The SMILES string of the molecule is Cc1cnc(CNCCCC2CCCO2)o1. The van der Waals surface area contributed by atoms with Crippen LogP contribution >= 0.6 is 0 Å². The number of ether oxygens (including phenoxy) is 1. The van der Waals surface area contributed by atoms with Crippen molar-refractivity contribution in [1.82, 2.24) is 10.3 Å². The summed E-state index contributed by atoms with van der Waals surface area (Å²) >= 11 is 0. The van der Waals surface area contributed by atoms with Gasteiger partial charge in [-0.2, -0.15) is 0 Å². The maximum atomic E-state index is 5.56. The fourth-order valence-electron chi connectivity index (χ4n) is 2.01. The molecule has 2 heterocycles. The summed E-state index contributed by atoms with van der Waals surface area (Å²) in [5.41, 5.74) is 0. The lowest BCUT2D eigenvalue weighted by Crippen LogP contribution is -2.17. The molecule has 1 atom stereocenters. The monoisotopic (exact) mass is 224 g/mol. The Morgan fingerprint density at radius 3 is 3.19 bits per heavy atom. The second-order valence-electron chi connectivity index (χ2n) is 4.32. The smallest absolute Gasteiger partial charge is 0.208 e. The summed E-state index contributed by atoms with van der Waals surface area (Å²) in [7, 11) is 0. The summed E-state index contributed by atoms with van der Waals surface area (Å²) in [6.45, 7) is 4.59. The largest absolute Gasteiger partial charge is 0.445 e. The quantitative estimate of drug-likeness (QED) is 0.751. The van der Waals surface area contributed by atoms with Crippen molar-refractivity contribution in [2.24, 2.45) is 0 Å². The molecule has 0 amide bonds. The van der Waals surface area contributed by atoms with E-state index in [0.29, 0.717) is 6.10 Å². The molecule has 1 unspecified atom stereocenters. The van der Waals surface area contributed by atoms with Crippen LogP contribution in [-0.2, 0) is 11.3 Å². The van der Waals surface area contributed by atoms with Crippen LogP contribution in [0.1, 0.15) is 37.3 Å². The summed E-state index contributed by atoms with van der Waals surface area (Å²) in [4.78, 5) is 4.14. The summed E-state index contributed by atoms with van der Waals surface area (Å²) in [6, 6.07) is 0. The van der Waals surface area contributed by atoms with E-state index < -0.39 is 0 Å². The number of rotatable bonds is 6. The van der Waals surface area contributed by atoms with Crippen molar-refractivity contribution < 1.29 is 9.15 Å². The van der Waals surface area contributed by atoms with Crippen molar-refractivity contribution in [3.63, 3.8) is 0 Å². The van der Waals surface area contributed by atoms with Crippen LogP contribution in [0.2, 0.25) is 0 Å². The van der Waals surface area contributed by atoms with Gasteiger partial charge in [0.05, 0.1) is 18.8 Å². The highest BCUT2D eigenvalue weighted by Gasteiger charge is 2.14. The van der Waals surface area contributed by atoms with Gasteiger partial charge in [0, 0.05) is 6.61 Å². The summed E-state index contributed by atoms with van der Waals surface area (Å²) in [5, 5.41) is 3.33. The first-order valence-corrected chi connectivity index (χ1v) is 6.08. The Bertz CT molecular complexity index is 306. The first-order valence-electron chi connectivity index (χ1n) is 6.08. The third kappa shape index (κ3) is 3.61. The highest BCUT2D eigenvalue weighted by atomic mass is 16.5. The lowest BCUT2D eigenvalue weighted by molar-refractivity contribution is 0.102. The number of aryl methyl sites for hydroxylation is 1. The highest BCUT2D eigenvalue weighted by Crippen LogP contribution is 2.16. The molecule has 0 aromatic carbocycles. The van der Waals surface area contributed by atoms with Gasteiger partial charge in [-0.1, -0.05) is 0 Å². The molecule has 16 heavy (non-hydrogen) atoms.